The van der Waals surface area contributed by atoms with Crippen molar-refractivity contribution < 1.29 is 5.11 Å². The van der Waals surface area contributed by atoms with E-state index < -0.39 is 0 Å². The fourth-order valence-electron chi connectivity index (χ4n) is 2.08. The smallest absolute Gasteiger partial charge is 0.0636 e. The summed E-state index contributed by atoms with van der Waals surface area (Å²) in [7, 11) is 0. The lowest BCUT2D eigenvalue weighted by molar-refractivity contribution is 0.186. The van der Waals surface area contributed by atoms with Gasteiger partial charge in [0, 0.05) is 12.6 Å². The molecule has 2 atom stereocenters. The van der Waals surface area contributed by atoms with E-state index in [0.29, 0.717) is 12.6 Å². The fourth-order valence-corrected chi connectivity index (χ4v) is 2.08. The van der Waals surface area contributed by atoms with Gasteiger partial charge >= 0.3 is 0 Å². The molecule has 0 fully saturated rings. The maximum absolute atomic E-state index is 9.20. The second-order valence-electron chi connectivity index (χ2n) is 4.05. The SMILES string of the molecule is C[C@H](O)CN[C@@H]1CCc2ccccc21. The van der Waals surface area contributed by atoms with Crippen LogP contribution in [-0.4, -0.2) is 17.8 Å². The van der Waals surface area contributed by atoms with Crippen LogP contribution in [0, 0.1) is 0 Å². The first kappa shape index (κ1) is 9.69. The highest BCUT2D eigenvalue weighted by atomic mass is 16.3. The summed E-state index contributed by atoms with van der Waals surface area (Å²) in [5, 5.41) is 12.6. The molecule has 0 aliphatic heterocycles. The van der Waals surface area contributed by atoms with Gasteiger partial charge in [-0.1, -0.05) is 24.3 Å². The van der Waals surface area contributed by atoms with Gasteiger partial charge in [0.2, 0.25) is 0 Å². The number of hydrogen-bond acceptors (Lipinski definition) is 2. The van der Waals surface area contributed by atoms with Crippen molar-refractivity contribution in [3.8, 4) is 0 Å². The Morgan fingerprint density at radius 3 is 3.07 bits per heavy atom. The topological polar surface area (TPSA) is 32.3 Å². The minimum atomic E-state index is -0.261. The molecule has 0 saturated carbocycles. The van der Waals surface area contributed by atoms with Gasteiger partial charge < -0.3 is 10.4 Å². The minimum absolute atomic E-state index is 0.261. The predicted octanol–water partition coefficient (Wildman–Crippen LogP) is 1.64. The Kier molecular flexibility index (Phi) is 2.85. The van der Waals surface area contributed by atoms with E-state index in [1.165, 1.54) is 11.1 Å². The Bertz CT molecular complexity index is 309. The van der Waals surface area contributed by atoms with Gasteiger partial charge in [-0.25, -0.2) is 0 Å². The molecule has 2 nitrogen and oxygen atoms in total. The van der Waals surface area contributed by atoms with Crippen LogP contribution in [0.3, 0.4) is 0 Å². The third-order valence-electron chi connectivity index (χ3n) is 2.79. The molecule has 0 radical (unpaired) electrons. The van der Waals surface area contributed by atoms with Crippen LogP contribution in [0.4, 0.5) is 0 Å². The molecular formula is C12H17NO. The normalized spacial score (nSPS) is 22.0. The summed E-state index contributed by atoms with van der Waals surface area (Å²) in [6, 6.07) is 9.00. The van der Waals surface area contributed by atoms with Crippen molar-refractivity contribution in [1.82, 2.24) is 5.32 Å². The van der Waals surface area contributed by atoms with E-state index in [1.54, 1.807) is 0 Å². The Morgan fingerprint density at radius 2 is 2.29 bits per heavy atom. The van der Waals surface area contributed by atoms with Gasteiger partial charge in [-0.15, -0.1) is 0 Å². The molecule has 2 N–H and O–H groups in total. The lowest BCUT2D eigenvalue weighted by Crippen LogP contribution is -2.27. The van der Waals surface area contributed by atoms with Gasteiger partial charge in [0.25, 0.3) is 0 Å². The Hall–Kier alpha value is -0.860. The van der Waals surface area contributed by atoms with Crippen molar-refractivity contribution >= 4 is 0 Å². The molecule has 0 heterocycles. The van der Waals surface area contributed by atoms with E-state index in [9.17, 15) is 5.11 Å². The van der Waals surface area contributed by atoms with Crippen molar-refractivity contribution in [1.29, 1.82) is 0 Å². The molecule has 1 aliphatic carbocycles. The van der Waals surface area contributed by atoms with Gasteiger partial charge in [0.15, 0.2) is 0 Å². The molecule has 1 aliphatic rings. The second-order valence-corrected chi connectivity index (χ2v) is 4.05. The molecular weight excluding hydrogens is 174 g/mol. The molecule has 2 rings (SSSR count). The molecule has 0 unspecified atom stereocenters. The van der Waals surface area contributed by atoms with Crippen LogP contribution < -0.4 is 5.32 Å². The number of rotatable bonds is 3. The van der Waals surface area contributed by atoms with E-state index in [2.05, 4.69) is 29.6 Å². The Morgan fingerprint density at radius 1 is 1.50 bits per heavy atom. The van der Waals surface area contributed by atoms with Crippen molar-refractivity contribution in [3.63, 3.8) is 0 Å². The first-order valence-electron chi connectivity index (χ1n) is 5.26. The van der Waals surface area contributed by atoms with Crippen molar-refractivity contribution in [2.45, 2.75) is 31.9 Å². The van der Waals surface area contributed by atoms with Crippen molar-refractivity contribution in [2.24, 2.45) is 0 Å². The summed E-state index contributed by atoms with van der Waals surface area (Å²) in [4.78, 5) is 0. The average Bonchev–Trinajstić information content (AvgIpc) is 2.58. The lowest BCUT2D eigenvalue weighted by Gasteiger charge is -2.15. The molecule has 0 saturated heterocycles. The zero-order valence-corrected chi connectivity index (χ0v) is 8.53. The van der Waals surface area contributed by atoms with Gasteiger partial charge in [-0.05, 0) is 30.9 Å². The fraction of sp³-hybridized carbons (Fsp3) is 0.500. The van der Waals surface area contributed by atoms with Crippen LogP contribution in [0.1, 0.15) is 30.5 Å². The number of fused-ring (bicyclic) bond motifs is 1. The molecule has 14 heavy (non-hydrogen) atoms. The highest BCUT2D eigenvalue weighted by molar-refractivity contribution is 5.34. The van der Waals surface area contributed by atoms with Crippen molar-refractivity contribution in [2.75, 3.05) is 6.54 Å². The average molecular weight is 191 g/mol. The molecule has 0 aromatic heterocycles. The molecule has 1 aromatic carbocycles. The summed E-state index contributed by atoms with van der Waals surface area (Å²) in [6.07, 6.45) is 2.06. The van der Waals surface area contributed by atoms with E-state index in [1.807, 2.05) is 6.92 Å². The summed E-state index contributed by atoms with van der Waals surface area (Å²) >= 11 is 0. The number of nitrogens with one attached hydrogen (secondary N) is 1. The quantitative estimate of drug-likeness (QED) is 0.761. The van der Waals surface area contributed by atoms with E-state index in [0.717, 1.165) is 12.8 Å². The molecule has 0 spiro atoms. The van der Waals surface area contributed by atoms with E-state index in [-0.39, 0.29) is 6.10 Å². The zero-order valence-electron chi connectivity index (χ0n) is 8.53. The third-order valence-corrected chi connectivity index (χ3v) is 2.79. The first-order chi connectivity index (χ1) is 6.77. The number of aliphatic hydroxyl groups is 1. The van der Waals surface area contributed by atoms with E-state index >= 15 is 0 Å². The molecule has 76 valence electrons. The number of aryl methyl sites for hydroxylation is 1. The molecule has 1 aromatic rings. The van der Waals surface area contributed by atoms with Crippen LogP contribution >= 0.6 is 0 Å². The number of hydrogen-bond donors (Lipinski definition) is 2. The highest BCUT2D eigenvalue weighted by Crippen LogP contribution is 2.30. The van der Waals surface area contributed by atoms with Crippen LogP contribution in [-0.2, 0) is 6.42 Å². The van der Waals surface area contributed by atoms with Gasteiger partial charge in [0.1, 0.15) is 0 Å². The summed E-state index contributed by atoms with van der Waals surface area (Å²) in [6.45, 7) is 2.49. The van der Waals surface area contributed by atoms with Crippen LogP contribution in [0.25, 0.3) is 0 Å². The summed E-state index contributed by atoms with van der Waals surface area (Å²) < 4.78 is 0. The van der Waals surface area contributed by atoms with Gasteiger partial charge in [-0.2, -0.15) is 0 Å². The Balaban J connectivity index is 2.03. The summed E-state index contributed by atoms with van der Waals surface area (Å²) in [5.74, 6) is 0. The molecule has 0 bridgehead atoms. The maximum atomic E-state index is 9.20. The largest absolute Gasteiger partial charge is 0.392 e. The minimum Gasteiger partial charge on any atom is -0.392 e. The third kappa shape index (κ3) is 1.97. The van der Waals surface area contributed by atoms with E-state index in [4.69, 9.17) is 0 Å². The summed E-state index contributed by atoms with van der Waals surface area (Å²) in [5.41, 5.74) is 2.86. The highest BCUT2D eigenvalue weighted by Gasteiger charge is 2.21. The van der Waals surface area contributed by atoms with Gasteiger partial charge in [0.05, 0.1) is 6.10 Å². The monoisotopic (exact) mass is 191 g/mol. The lowest BCUT2D eigenvalue weighted by atomic mass is 10.1. The first-order valence-corrected chi connectivity index (χ1v) is 5.26. The zero-order chi connectivity index (χ0) is 9.97. The number of aliphatic hydroxyl groups excluding tert-OH is 1. The standard InChI is InChI=1S/C12H17NO/c1-9(14)8-13-12-7-6-10-4-2-3-5-11(10)12/h2-5,9,12-14H,6-8H2,1H3/t9-,12+/m0/s1. The predicted molar refractivity (Wildman–Crippen MR) is 57.2 cm³/mol. The second kappa shape index (κ2) is 4.11. The molecule has 2 heteroatoms. The van der Waals surface area contributed by atoms with Crippen LogP contribution in [0.2, 0.25) is 0 Å². The van der Waals surface area contributed by atoms with Crippen LogP contribution in [0.15, 0.2) is 24.3 Å². The maximum Gasteiger partial charge on any atom is 0.0636 e. The Labute approximate surface area is 85.0 Å². The number of benzene rings is 1. The molecule has 0 amide bonds. The van der Waals surface area contributed by atoms with Gasteiger partial charge in [-0.3, -0.25) is 0 Å². The van der Waals surface area contributed by atoms with Crippen molar-refractivity contribution in [3.05, 3.63) is 35.4 Å². The van der Waals surface area contributed by atoms with Crippen LogP contribution in [0.5, 0.6) is 0 Å².